The Morgan fingerprint density at radius 1 is 0.884 bits per heavy atom. The number of rotatable bonds is 9. The van der Waals surface area contributed by atoms with E-state index in [1.165, 1.54) is 23.7 Å². The molecule has 0 radical (unpaired) electrons. The summed E-state index contributed by atoms with van der Waals surface area (Å²) in [6.45, 7) is 1.59. The number of esters is 1. The molecule has 6 aromatic rings. The van der Waals surface area contributed by atoms with Gasteiger partial charge in [-0.3, -0.25) is 9.59 Å². The van der Waals surface area contributed by atoms with E-state index in [-0.39, 0.29) is 30.0 Å². The first kappa shape index (κ1) is 27.7. The molecule has 0 unspecified atom stereocenters. The predicted molar refractivity (Wildman–Crippen MR) is 166 cm³/mol. The Morgan fingerprint density at radius 3 is 2.47 bits per heavy atom. The molecule has 0 saturated carbocycles. The maximum absolute atomic E-state index is 13.1. The monoisotopic (exact) mass is 591 g/mol. The van der Waals surface area contributed by atoms with E-state index < -0.39 is 11.9 Å². The highest BCUT2D eigenvalue weighted by Gasteiger charge is 2.23. The van der Waals surface area contributed by atoms with Crippen molar-refractivity contribution in [3.05, 3.63) is 118 Å². The molecule has 43 heavy (non-hydrogen) atoms. The van der Waals surface area contributed by atoms with Crippen LogP contribution in [0.4, 0.5) is 5.00 Å². The maximum Gasteiger partial charge on any atom is 0.341 e. The Hall–Kier alpha value is -5.41. The van der Waals surface area contributed by atoms with Crippen molar-refractivity contribution in [2.45, 2.75) is 6.92 Å². The van der Waals surface area contributed by atoms with Gasteiger partial charge in [-0.05, 0) is 47.5 Å². The zero-order valence-corrected chi connectivity index (χ0v) is 23.8. The van der Waals surface area contributed by atoms with Gasteiger partial charge in [0.15, 0.2) is 6.61 Å². The molecule has 0 fully saturated rings. The third-order valence-electron chi connectivity index (χ3n) is 6.64. The van der Waals surface area contributed by atoms with Crippen molar-refractivity contribution in [2.24, 2.45) is 0 Å². The van der Waals surface area contributed by atoms with E-state index in [1.807, 2.05) is 66.7 Å². The van der Waals surface area contributed by atoms with Gasteiger partial charge in [0.2, 0.25) is 11.2 Å². The van der Waals surface area contributed by atoms with Crippen molar-refractivity contribution >= 4 is 50.0 Å². The average Bonchev–Trinajstić information content (AvgIpc) is 3.45. The van der Waals surface area contributed by atoms with Crippen LogP contribution in [-0.2, 0) is 9.53 Å². The molecular weight excluding hydrogens is 566 g/mol. The van der Waals surface area contributed by atoms with Crippen LogP contribution >= 0.6 is 11.3 Å². The number of amides is 1. The summed E-state index contributed by atoms with van der Waals surface area (Å²) in [6, 6.07) is 27.5. The Labute approximate surface area is 250 Å². The van der Waals surface area contributed by atoms with E-state index in [9.17, 15) is 14.4 Å². The number of nitrogens with one attached hydrogen (secondary N) is 1. The van der Waals surface area contributed by atoms with E-state index in [0.717, 1.165) is 16.3 Å². The molecule has 1 amide bonds. The first-order valence-electron chi connectivity index (χ1n) is 13.5. The quantitative estimate of drug-likeness (QED) is 0.172. The molecule has 0 aliphatic carbocycles. The molecule has 0 aliphatic rings. The van der Waals surface area contributed by atoms with E-state index in [2.05, 4.69) is 5.32 Å². The van der Waals surface area contributed by atoms with Gasteiger partial charge in [0.25, 0.3) is 5.91 Å². The summed E-state index contributed by atoms with van der Waals surface area (Å²) < 4.78 is 22.4. The molecule has 0 aliphatic heterocycles. The molecule has 1 N–H and O–H groups in total. The fourth-order valence-electron chi connectivity index (χ4n) is 4.61. The van der Waals surface area contributed by atoms with Crippen LogP contribution in [0.2, 0.25) is 0 Å². The molecule has 214 valence electrons. The molecule has 4 aromatic carbocycles. The largest absolute Gasteiger partial charge is 0.484 e. The van der Waals surface area contributed by atoms with Crippen molar-refractivity contribution in [2.75, 3.05) is 18.5 Å². The van der Waals surface area contributed by atoms with Gasteiger partial charge in [-0.2, -0.15) is 0 Å². The highest BCUT2D eigenvalue weighted by atomic mass is 32.1. The molecule has 0 bridgehead atoms. The number of carbonyl (C=O) groups excluding carboxylic acids is 2. The van der Waals surface area contributed by atoms with Gasteiger partial charge in [-0.15, -0.1) is 11.3 Å². The second kappa shape index (κ2) is 12.2. The minimum Gasteiger partial charge on any atom is -0.484 e. The number of thiophene rings is 1. The minimum atomic E-state index is -0.521. The molecule has 2 aromatic heterocycles. The van der Waals surface area contributed by atoms with Crippen molar-refractivity contribution in [3.8, 4) is 28.4 Å². The number of hydrogen-bond donors (Lipinski definition) is 1. The average molecular weight is 592 g/mol. The summed E-state index contributed by atoms with van der Waals surface area (Å²) in [7, 11) is 0. The predicted octanol–water partition coefficient (Wildman–Crippen LogP) is 7.66. The van der Waals surface area contributed by atoms with Gasteiger partial charge in [0.05, 0.1) is 12.0 Å². The van der Waals surface area contributed by atoms with E-state index in [1.54, 1.807) is 30.5 Å². The summed E-state index contributed by atoms with van der Waals surface area (Å²) in [5.74, 6) is -0.0843. The van der Waals surface area contributed by atoms with Crippen LogP contribution in [0.25, 0.3) is 32.9 Å². The highest BCUT2D eigenvalue weighted by molar-refractivity contribution is 7.15. The van der Waals surface area contributed by atoms with Gasteiger partial charge in [0, 0.05) is 17.0 Å². The van der Waals surface area contributed by atoms with Gasteiger partial charge in [0.1, 0.15) is 33.9 Å². The molecule has 9 heteroatoms. The lowest BCUT2D eigenvalue weighted by atomic mass is 10.0. The van der Waals surface area contributed by atoms with Gasteiger partial charge < -0.3 is 23.9 Å². The Balaban J connectivity index is 1.15. The lowest BCUT2D eigenvalue weighted by molar-refractivity contribution is -0.118. The van der Waals surface area contributed by atoms with Crippen LogP contribution in [-0.4, -0.2) is 25.1 Å². The fraction of sp³-hybridized carbons (Fsp3) is 0.0882. The summed E-state index contributed by atoms with van der Waals surface area (Å²) in [5, 5.41) is 7.30. The second-order valence-electron chi connectivity index (χ2n) is 9.47. The molecule has 2 heterocycles. The van der Waals surface area contributed by atoms with Crippen LogP contribution in [0.1, 0.15) is 17.3 Å². The topological polar surface area (TPSA) is 104 Å². The third kappa shape index (κ3) is 5.98. The van der Waals surface area contributed by atoms with Gasteiger partial charge in [-0.25, -0.2) is 4.79 Å². The Kier molecular flexibility index (Phi) is 7.88. The fourth-order valence-corrected chi connectivity index (χ4v) is 5.58. The molecule has 6 rings (SSSR count). The van der Waals surface area contributed by atoms with E-state index >= 15 is 0 Å². The summed E-state index contributed by atoms with van der Waals surface area (Å²) in [5.41, 5.74) is 1.75. The molecule has 0 saturated heterocycles. The number of anilines is 1. The van der Waals surface area contributed by atoms with Crippen LogP contribution in [0, 0.1) is 0 Å². The Bertz CT molecular complexity index is 2010. The summed E-state index contributed by atoms with van der Waals surface area (Å²) in [6.07, 6.45) is 1.26. The third-order valence-corrected chi connectivity index (χ3v) is 7.54. The van der Waals surface area contributed by atoms with Crippen LogP contribution in [0.3, 0.4) is 0 Å². The number of carbonyl (C=O) groups is 2. The molecule has 0 atom stereocenters. The molecular formula is C34H25NO7S. The Morgan fingerprint density at radius 2 is 1.65 bits per heavy atom. The lowest BCUT2D eigenvalue weighted by Gasteiger charge is -2.10. The minimum absolute atomic E-state index is 0.0547. The summed E-state index contributed by atoms with van der Waals surface area (Å²) in [4.78, 5) is 38.7. The number of fused-ring (bicyclic) bond motifs is 2. The van der Waals surface area contributed by atoms with Crippen molar-refractivity contribution in [3.63, 3.8) is 0 Å². The highest BCUT2D eigenvalue weighted by Crippen LogP contribution is 2.36. The van der Waals surface area contributed by atoms with Gasteiger partial charge in [-0.1, -0.05) is 60.7 Å². The zero-order valence-electron chi connectivity index (χ0n) is 23.0. The smallest absolute Gasteiger partial charge is 0.341 e. The molecule has 8 nitrogen and oxygen atoms in total. The first-order chi connectivity index (χ1) is 21.0. The van der Waals surface area contributed by atoms with Crippen LogP contribution in [0.15, 0.2) is 112 Å². The SMILES string of the molecule is CCOC(=O)c1c(-c2ccccc2)csc1NC(=O)COc1ccc2c(=O)c(Oc3ccc4ccccc4c3)coc2c1. The second-order valence-corrected chi connectivity index (χ2v) is 10.4. The zero-order chi connectivity index (χ0) is 29.8. The maximum atomic E-state index is 13.1. The standard InChI is InChI=1S/C34H25NO7S/c1-2-39-34(38)31-27(22-9-4-3-5-10-22)20-43-33(31)35-30(36)19-40-24-14-15-26-28(17-24)41-18-29(32(26)37)42-25-13-12-21-8-6-7-11-23(21)16-25/h3-18,20H,2,19H2,1H3,(H,35,36). The number of ether oxygens (including phenoxy) is 3. The summed E-state index contributed by atoms with van der Waals surface area (Å²) >= 11 is 1.23. The van der Waals surface area contributed by atoms with Crippen molar-refractivity contribution in [1.82, 2.24) is 0 Å². The van der Waals surface area contributed by atoms with E-state index in [4.69, 9.17) is 18.6 Å². The first-order valence-corrected chi connectivity index (χ1v) is 14.4. The lowest BCUT2D eigenvalue weighted by Crippen LogP contribution is -2.21. The van der Waals surface area contributed by atoms with Crippen molar-refractivity contribution in [1.29, 1.82) is 0 Å². The number of hydrogen-bond acceptors (Lipinski definition) is 8. The normalized spacial score (nSPS) is 10.9. The van der Waals surface area contributed by atoms with Crippen molar-refractivity contribution < 1.29 is 28.2 Å². The van der Waals surface area contributed by atoms with Crippen LogP contribution in [0.5, 0.6) is 17.2 Å². The number of benzene rings is 4. The van der Waals surface area contributed by atoms with E-state index in [0.29, 0.717) is 33.0 Å². The molecule has 0 spiro atoms. The van der Waals surface area contributed by atoms with Crippen LogP contribution < -0.4 is 20.2 Å². The van der Waals surface area contributed by atoms with Gasteiger partial charge >= 0.3 is 5.97 Å².